The van der Waals surface area contributed by atoms with Crippen LogP contribution < -0.4 is 0 Å². The molecule has 4 nitrogen and oxygen atoms in total. The van der Waals surface area contributed by atoms with Gasteiger partial charge in [-0.05, 0) is 42.5 Å². The first kappa shape index (κ1) is 14.1. The molecule has 2 aromatic carbocycles. The minimum absolute atomic E-state index is 0.0986. The zero-order chi connectivity index (χ0) is 15.5. The monoisotopic (exact) mass is 296 g/mol. The molecule has 0 saturated carbocycles. The zero-order valence-electron chi connectivity index (χ0n) is 11.7. The third-order valence-corrected chi connectivity index (χ3v) is 3.51. The van der Waals surface area contributed by atoms with Crippen LogP contribution in [0.4, 0.5) is 4.39 Å². The standard InChI is InChI=1S/C17H13FN2O2/c18-14-4-1-11(2-5-14)16(21)7-8-17(22)12-3-6-15-13(9-12)10-19-20-15/h1-6,9-10H,7-8H2,(H,19,20). The normalized spacial score (nSPS) is 10.8. The molecular weight excluding hydrogens is 283 g/mol. The summed E-state index contributed by atoms with van der Waals surface area (Å²) in [7, 11) is 0. The Morgan fingerprint density at radius 3 is 2.32 bits per heavy atom. The fourth-order valence-electron chi connectivity index (χ4n) is 2.27. The van der Waals surface area contributed by atoms with Crippen molar-refractivity contribution in [1.29, 1.82) is 0 Å². The smallest absolute Gasteiger partial charge is 0.163 e. The minimum atomic E-state index is -0.388. The van der Waals surface area contributed by atoms with Gasteiger partial charge >= 0.3 is 0 Å². The number of carbonyl (C=O) groups excluding carboxylic acids is 2. The van der Waals surface area contributed by atoms with Gasteiger partial charge in [-0.3, -0.25) is 14.7 Å². The van der Waals surface area contributed by atoms with Crippen molar-refractivity contribution in [3.8, 4) is 0 Å². The van der Waals surface area contributed by atoms with Crippen molar-refractivity contribution < 1.29 is 14.0 Å². The van der Waals surface area contributed by atoms with E-state index in [0.717, 1.165) is 10.9 Å². The molecule has 0 aliphatic carbocycles. The number of fused-ring (bicyclic) bond motifs is 1. The zero-order valence-corrected chi connectivity index (χ0v) is 11.7. The van der Waals surface area contributed by atoms with Crippen molar-refractivity contribution in [1.82, 2.24) is 10.2 Å². The van der Waals surface area contributed by atoms with E-state index in [1.165, 1.54) is 24.3 Å². The Morgan fingerprint density at radius 1 is 0.955 bits per heavy atom. The number of nitrogens with zero attached hydrogens (tertiary/aromatic N) is 1. The van der Waals surface area contributed by atoms with Crippen LogP contribution in [-0.4, -0.2) is 21.8 Å². The maximum atomic E-state index is 12.8. The fourth-order valence-corrected chi connectivity index (χ4v) is 2.27. The number of aromatic amines is 1. The number of hydrogen-bond acceptors (Lipinski definition) is 3. The lowest BCUT2D eigenvalue weighted by molar-refractivity contribution is 0.0917. The third-order valence-electron chi connectivity index (χ3n) is 3.51. The average Bonchev–Trinajstić information content (AvgIpc) is 3.00. The molecule has 0 aliphatic rings. The van der Waals surface area contributed by atoms with Gasteiger partial charge in [0.05, 0.1) is 11.7 Å². The summed E-state index contributed by atoms with van der Waals surface area (Å²) in [5.41, 5.74) is 1.83. The number of aromatic nitrogens is 2. The summed E-state index contributed by atoms with van der Waals surface area (Å²) in [6.07, 6.45) is 1.88. The Hall–Kier alpha value is -2.82. The number of rotatable bonds is 5. The van der Waals surface area contributed by atoms with Crippen LogP contribution in [-0.2, 0) is 0 Å². The lowest BCUT2D eigenvalue weighted by Crippen LogP contribution is -2.05. The largest absolute Gasteiger partial charge is 0.294 e. The van der Waals surface area contributed by atoms with Gasteiger partial charge < -0.3 is 0 Å². The molecule has 0 fully saturated rings. The van der Waals surface area contributed by atoms with Gasteiger partial charge in [0.2, 0.25) is 0 Å². The number of H-pyrrole nitrogens is 1. The summed E-state index contributed by atoms with van der Waals surface area (Å²) < 4.78 is 12.8. The number of carbonyl (C=O) groups is 2. The molecule has 3 rings (SSSR count). The van der Waals surface area contributed by atoms with Gasteiger partial charge in [0.25, 0.3) is 0 Å². The second-order valence-corrected chi connectivity index (χ2v) is 5.03. The Balaban J connectivity index is 1.66. The first-order valence-electron chi connectivity index (χ1n) is 6.88. The summed E-state index contributed by atoms with van der Waals surface area (Å²) >= 11 is 0. The van der Waals surface area contributed by atoms with Gasteiger partial charge in [-0.1, -0.05) is 0 Å². The van der Waals surface area contributed by atoms with Crippen molar-refractivity contribution in [3.63, 3.8) is 0 Å². The molecule has 1 aromatic heterocycles. The van der Waals surface area contributed by atoms with Crippen molar-refractivity contribution >= 4 is 22.5 Å². The molecule has 110 valence electrons. The fraction of sp³-hybridized carbons (Fsp3) is 0.118. The van der Waals surface area contributed by atoms with Crippen LogP contribution >= 0.6 is 0 Å². The molecule has 0 spiro atoms. The molecule has 0 saturated heterocycles. The van der Waals surface area contributed by atoms with E-state index in [4.69, 9.17) is 0 Å². The molecule has 0 unspecified atom stereocenters. The van der Waals surface area contributed by atoms with Gasteiger partial charge in [-0.2, -0.15) is 5.10 Å². The van der Waals surface area contributed by atoms with Crippen LogP contribution in [0.15, 0.2) is 48.7 Å². The highest BCUT2D eigenvalue weighted by Gasteiger charge is 2.12. The number of ketones is 2. The van der Waals surface area contributed by atoms with E-state index >= 15 is 0 Å². The van der Waals surface area contributed by atoms with E-state index in [2.05, 4.69) is 10.2 Å². The maximum Gasteiger partial charge on any atom is 0.163 e. The SMILES string of the molecule is O=C(CCC(=O)c1ccc2[nH]ncc2c1)c1ccc(F)cc1. The second-order valence-electron chi connectivity index (χ2n) is 5.03. The maximum absolute atomic E-state index is 12.8. The summed E-state index contributed by atoms with van der Waals surface area (Å²) in [5, 5.41) is 7.57. The van der Waals surface area contributed by atoms with Gasteiger partial charge in [0.1, 0.15) is 5.82 Å². The highest BCUT2D eigenvalue weighted by molar-refractivity contribution is 6.03. The second kappa shape index (κ2) is 5.89. The van der Waals surface area contributed by atoms with Crippen LogP contribution in [0.25, 0.3) is 10.9 Å². The van der Waals surface area contributed by atoms with Crippen molar-refractivity contribution in [2.45, 2.75) is 12.8 Å². The predicted molar refractivity (Wildman–Crippen MR) is 80.4 cm³/mol. The number of benzene rings is 2. The first-order valence-corrected chi connectivity index (χ1v) is 6.88. The van der Waals surface area contributed by atoms with E-state index in [-0.39, 0.29) is 30.2 Å². The third kappa shape index (κ3) is 2.93. The van der Waals surface area contributed by atoms with Crippen molar-refractivity contribution in [2.24, 2.45) is 0 Å². The van der Waals surface area contributed by atoms with Crippen molar-refractivity contribution in [2.75, 3.05) is 0 Å². The lowest BCUT2D eigenvalue weighted by Gasteiger charge is -2.02. The van der Waals surface area contributed by atoms with Crippen LogP contribution in [0.2, 0.25) is 0 Å². The van der Waals surface area contributed by atoms with Gasteiger partial charge in [-0.15, -0.1) is 0 Å². The molecule has 3 aromatic rings. The quantitative estimate of drug-likeness (QED) is 0.732. The molecule has 5 heteroatoms. The molecule has 1 heterocycles. The minimum Gasteiger partial charge on any atom is -0.294 e. The summed E-state index contributed by atoms with van der Waals surface area (Å²) in [4.78, 5) is 24.1. The Labute approximate surface area is 126 Å². The lowest BCUT2D eigenvalue weighted by atomic mass is 10.0. The number of halogens is 1. The van der Waals surface area contributed by atoms with Gasteiger partial charge in [0, 0.05) is 29.4 Å². The van der Waals surface area contributed by atoms with Crippen molar-refractivity contribution in [3.05, 3.63) is 65.6 Å². The van der Waals surface area contributed by atoms with Gasteiger partial charge in [0.15, 0.2) is 11.6 Å². The molecule has 22 heavy (non-hydrogen) atoms. The first-order chi connectivity index (χ1) is 10.6. The molecule has 0 aliphatic heterocycles. The van der Waals surface area contributed by atoms with Crippen LogP contribution in [0.3, 0.4) is 0 Å². The van der Waals surface area contributed by atoms with Gasteiger partial charge in [-0.25, -0.2) is 4.39 Å². The summed E-state index contributed by atoms with van der Waals surface area (Å²) in [6.45, 7) is 0. The van der Waals surface area contributed by atoms with E-state index in [1.54, 1.807) is 24.4 Å². The highest BCUT2D eigenvalue weighted by Crippen LogP contribution is 2.16. The Kier molecular flexibility index (Phi) is 3.78. The number of Topliss-reactive ketones (excluding diaryl/α,β-unsaturated/α-hetero) is 2. The van der Waals surface area contributed by atoms with Crippen LogP contribution in [0, 0.1) is 5.82 Å². The molecule has 0 atom stereocenters. The Morgan fingerprint density at radius 2 is 1.59 bits per heavy atom. The molecule has 1 N–H and O–H groups in total. The average molecular weight is 296 g/mol. The Bertz CT molecular complexity index is 837. The molecule has 0 amide bonds. The molecule has 0 bridgehead atoms. The predicted octanol–water partition coefficient (Wildman–Crippen LogP) is 3.55. The topological polar surface area (TPSA) is 62.8 Å². The van der Waals surface area contributed by atoms with E-state index in [9.17, 15) is 14.0 Å². The van der Waals surface area contributed by atoms with Crippen LogP contribution in [0.5, 0.6) is 0 Å². The highest BCUT2D eigenvalue weighted by atomic mass is 19.1. The number of nitrogens with one attached hydrogen (secondary N) is 1. The van der Waals surface area contributed by atoms with E-state index < -0.39 is 0 Å². The summed E-state index contributed by atoms with van der Waals surface area (Å²) in [5.74, 6) is -0.655. The van der Waals surface area contributed by atoms with Crippen LogP contribution in [0.1, 0.15) is 33.6 Å². The van der Waals surface area contributed by atoms with E-state index in [0.29, 0.717) is 11.1 Å². The summed E-state index contributed by atoms with van der Waals surface area (Å²) in [6, 6.07) is 10.6. The molecular formula is C17H13FN2O2. The van der Waals surface area contributed by atoms with E-state index in [1.807, 2.05) is 0 Å². The molecule has 0 radical (unpaired) electrons. The number of hydrogen-bond donors (Lipinski definition) is 1.